The summed E-state index contributed by atoms with van der Waals surface area (Å²) in [6.45, 7) is 1.56. The molecule has 0 saturated heterocycles. The molecular weight excluding hydrogens is 206 g/mol. The Labute approximate surface area is 85.6 Å². The summed E-state index contributed by atoms with van der Waals surface area (Å²) in [5, 5.41) is 0. The average molecular weight is 225 g/mol. The van der Waals surface area contributed by atoms with Crippen LogP contribution in [0.1, 0.15) is 6.42 Å². The van der Waals surface area contributed by atoms with Gasteiger partial charge < -0.3 is 10.5 Å². The first-order chi connectivity index (χ1) is 6.54. The maximum absolute atomic E-state index is 11.4. The van der Waals surface area contributed by atoms with E-state index in [-0.39, 0.29) is 6.54 Å². The molecule has 0 aliphatic heterocycles. The average Bonchev–Trinajstić information content (AvgIpc) is 2.14. The van der Waals surface area contributed by atoms with Gasteiger partial charge in [-0.15, -0.1) is 0 Å². The zero-order chi connectivity index (χ0) is 11.0. The zero-order valence-electron chi connectivity index (χ0n) is 8.69. The van der Waals surface area contributed by atoms with Gasteiger partial charge in [-0.25, -0.2) is 0 Å². The SMILES string of the molecule is COCCNS(=O)(=O)N(C)CCCN. The summed E-state index contributed by atoms with van der Waals surface area (Å²) in [6.07, 6.45) is 0.654. The Hall–Kier alpha value is -0.210. The molecular formula is C7H19N3O3S. The molecule has 0 bridgehead atoms. The highest BCUT2D eigenvalue weighted by Gasteiger charge is 2.15. The summed E-state index contributed by atoms with van der Waals surface area (Å²) in [5.41, 5.74) is 5.28. The molecule has 0 aromatic rings. The van der Waals surface area contributed by atoms with E-state index in [4.69, 9.17) is 10.5 Å². The number of nitrogens with two attached hydrogens (primary N) is 1. The van der Waals surface area contributed by atoms with Crippen LogP contribution in [0.4, 0.5) is 0 Å². The van der Waals surface area contributed by atoms with Crippen molar-refractivity contribution in [3.8, 4) is 0 Å². The van der Waals surface area contributed by atoms with Gasteiger partial charge in [0.1, 0.15) is 0 Å². The minimum Gasteiger partial charge on any atom is -0.383 e. The molecule has 0 atom stereocenters. The number of rotatable bonds is 8. The molecule has 7 heteroatoms. The molecule has 86 valence electrons. The lowest BCUT2D eigenvalue weighted by Crippen LogP contribution is -2.40. The maximum atomic E-state index is 11.4. The third-order valence-electron chi connectivity index (χ3n) is 1.68. The third kappa shape index (κ3) is 5.51. The fraction of sp³-hybridized carbons (Fsp3) is 1.00. The van der Waals surface area contributed by atoms with Gasteiger partial charge in [0.25, 0.3) is 10.2 Å². The first-order valence-electron chi connectivity index (χ1n) is 4.44. The predicted octanol–water partition coefficient (Wildman–Crippen LogP) is -1.25. The van der Waals surface area contributed by atoms with Crippen molar-refractivity contribution in [3.63, 3.8) is 0 Å². The minimum atomic E-state index is -3.36. The molecule has 0 heterocycles. The van der Waals surface area contributed by atoms with Crippen LogP contribution < -0.4 is 10.5 Å². The molecule has 0 aliphatic carbocycles. The van der Waals surface area contributed by atoms with Crippen LogP contribution in [-0.4, -0.2) is 53.1 Å². The van der Waals surface area contributed by atoms with Crippen LogP contribution in [0.3, 0.4) is 0 Å². The number of nitrogens with zero attached hydrogens (tertiary/aromatic N) is 1. The Morgan fingerprint density at radius 3 is 2.64 bits per heavy atom. The van der Waals surface area contributed by atoms with E-state index in [1.165, 1.54) is 18.5 Å². The van der Waals surface area contributed by atoms with Crippen molar-refractivity contribution in [3.05, 3.63) is 0 Å². The van der Waals surface area contributed by atoms with Gasteiger partial charge in [-0.1, -0.05) is 0 Å². The lowest BCUT2D eigenvalue weighted by atomic mass is 10.4. The van der Waals surface area contributed by atoms with Gasteiger partial charge in [0.05, 0.1) is 6.61 Å². The Bertz CT molecular complexity index is 230. The molecule has 0 unspecified atom stereocenters. The van der Waals surface area contributed by atoms with E-state index in [0.29, 0.717) is 26.1 Å². The van der Waals surface area contributed by atoms with E-state index in [1.54, 1.807) is 0 Å². The van der Waals surface area contributed by atoms with Crippen molar-refractivity contribution < 1.29 is 13.2 Å². The summed E-state index contributed by atoms with van der Waals surface area (Å²) in [5.74, 6) is 0. The maximum Gasteiger partial charge on any atom is 0.279 e. The monoisotopic (exact) mass is 225 g/mol. The normalized spacial score (nSPS) is 12.3. The van der Waals surface area contributed by atoms with Crippen molar-refractivity contribution in [2.75, 3.05) is 40.4 Å². The van der Waals surface area contributed by atoms with Gasteiger partial charge in [0.15, 0.2) is 0 Å². The van der Waals surface area contributed by atoms with Crippen LogP contribution in [0.15, 0.2) is 0 Å². The molecule has 0 amide bonds. The lowest BCUT2D eigenvalue weighted by molar-refractivity contribution is 0.204. The van der Waals surface area contributed by atoms with E-state index in [0.717, 1.165) is 0 Å². The molecule has 0 aromatic carbocycles. The third-order valence-corrected chi connectivity index (χ3v) is 3.25. The fourth-order valence-corrected chi connectivity index (χ4v) is 1.75. The number of methoxy groups -OCH3 is 1. The first kappa shape index (κ1) is 13.8. The summed E-state index contributed by atoms with van der Waals surface area (Å²) in [7, 11) is -0.318. The summed E-state index contributed by atoms with van der Waals surface area (Å²) in [4.78, 5) is 0. The van der Waals surface area contributed by atoms with Crippen LogP contribution in [-0.2, 0) is 14.9 Å². The van der Waals surface area contributed by atoms with E-state index >= 15 is 0 Å². The molecule has 6 nitrogen and oxygen atoms in total. The van der Waals surface area contributed by atoms with Gasteiger partial charge in [0, 0.05) is 27.2 Å². The second-order valence-corrected chi connectivity index (χ2v) is 4.72. The topological polar surface area (TPSA) is 84.7 Å². The van der Waals surface area contributed by atoms with Crippen LogP contribution in [0, 0.1) is 0 Å². The van der Waals surface area contributed by atoms with Gasteiger partial charge in [-0.3, -0.25) is 0 Å². The zero-order valence-corrected chi connectivity index (χ0v) is 9.51. The Morgan fingerprint density at radius 1 is 1.50 bits per heavy atom. The Morgan fingerprint density at radius 2 is 2.14 bits per heavy atom. The molecule has 0 rings (SSSR count). The van der Waals surface area contributed by atoms with Crippen LogP contribution >= 0.6 is 0 Å². The lowest BCUT2D eigenvalue weighted by Gasteiger charge is -2.16. The van der Waals surface area contributed by atoms with Gasteiger partial charge in [-0.2, -0.15) is 17.4 Å². The quantitative estimate of drug-likeness (QED) is 0.505. The first-order valence-corrected chi connectivity index (χ1v) is 5.88. The summed E-state index contributed by atoms with van der Waals surface area (Å²) >= 11 is 0. The van der Waals surface area contributed by atoms with Crippen molar-refractivity contribution in [1.29, 1.82) is 0 Å². The van der Waals surface area contributed by atoms with E-state index in [1.807, 2.05) is 0 Å². The fourth-order valence-electron chi connectivity index (χ4n) is 0.817. The van der Waals surface area contributed by atoms with Crippen molar-refractivity contribution >= 4 is 10.2 Å². The highest BCUT2D eigenvalue weighted by molar-refractivity contribution is 7.87. The van der Waals surface area contributed by atoms with Gasteiger partial charge in [0.2, 0.25) is 0 Å². The van der Waals surface area contributed by atoms with E-state index < -0.39 is 10.2 Å². The largest absolute Gasteiger partial charge is 0.383 e. The standard InChI is InChI=1S/C7H19N3O3S/c1-10(6-3-4-8)14(11,12)9-5-7-13-2/h9H,3-8H2,1-2H3. The molecule has 0 aromatic heterocycles. The predicted molar refractivity (Wildman–Crippen MR) is 55.1 cm³/mol. The number of hydrogen-bond acceptors (Lipinski definition) is 4. The van der Waals surface area contributed by atoms with Crippen LogP contribution in [0.2, 0.25) is 0 Å². The van der Waals surface area contributed by atoms with E-state index in [9.17, 15) is 8.42 Å². The van der Waals surface area contributed by atoms with Crippen LogP contribution in [0.5, 0.6) is 0 Å². The van der Waals surface area contributed by atoms with E-state index in [2.05, 4.69) is 4.72 Å². The number of nitrogens with one attached hydrogen (secondary N) is 1. The minimum absolute atomic E-state index is 0.284. The highest BCUT2D eigenvalue weighted by Crippen LogP contribution is 1.94. The second kappa shape index (κ2) is 7.13. The number of ether oxygens (including phenoxy) is 1. The highest BCUT2D eigenvalue weighted by atomic mass is 32.2. The van der Waals surface area contributed by atoms with Crippen molar-refractivity contribution in [2.45, 2.75) is 6.42 Å². The number of hydrogen-bond donors (Lipinski definition) is 2. The summed E-state index contributed by atoms with van der Waals surface area (Å²) in [6, 6.07) is 0. The Kier molecular flexibility index (Phi) is 7.02. The van der Waals surface area contributed by atoms with Crippen molar-refractivity contribution in [2.24, 2.45) is 5.73 Å². The second-order valence-electron chi connectivity index (χ2n) is 2.86. The summed E-state index contributed by atoms with van der Waals surface area (Å²) < 4.78 is 31.2. The molecule has 0 aliphatic rings. The molecule has 0 spiro atoms. The molecule has 0 radical (unpaired) electrons. The molecule has 3 N–H and O–H groups in total. The van der Waals surface area contributed by atoms with Crippen molar-refractivity contribution in [1.82, 2.24) is 9.03 Å². The Balaban J connectivity index is 3.91. The molecule has 0 saturated carbocycles. The van der Waals surface area contributed by atoms with Gasteiger partial charge >= 0.3 is 0 Å². The molecule has 0 fully saturated rings. The smallest absolute Gasteiger partial charge is 0.279 e. The van der Waals surface area contributed by atoms with Crippen LogP contribution in [0.25, 0.3) is 0 Å². The van der Waals surface area contributed by atoms with Gasteiger partial charge in [-0.05, 0) is 13.0 Å². The molecule has 14 heavy (non-hydrogen) atoms.